The van der Waals surface area contributed by atoms with Crippen molar-refractivity contribution in [1.29, 1.82) is 0 Å². The Bertz CT molecular complexity index is 605. The zero-order chi connectivity index (χ0) is 13.0. The number of benzene rings is 2. The normalized spacial score (nSPS) is 10.9. The lowest BCUT2D eigenvalue weighted by Crippen LogP contribution is -2.03. The number of carbonyl (C=O) groups excluding carboxylic acids is 1. The van der Waals surface area contributed by atoms with E-state index < -0.39 is 5.97 Å². The van der Waals surface area contributed by atoms with Crippen molar-refractivity contribution >= 4 is 28.5 Å². The molecule has 3 nitrogen and oxygen atoms in total. The first-order chi connectivity index (χ1) is 8.72. The van der Waals surface area contributed by atoms with Crippen LogP contribution in [0.25, 0.3) is 10.8 Å². The van der Waals surface area contributed by atoms with Gasteiger partial charge in [0.05, 0.1) is 0 Å². The molecule has 18 heavy (non-hydrogen) atoms. The highest BCUT2D eigenvalue weighted by Crippen LogP contribution is 2.32. The fraction of sp³-hybridized carbons (Fsp3) is 0.0714. The summed E-state index contributed by atoms with van der Waals surface area (Å²) in [7, 11) is 0. The van der Waals surface area contributed by atoms with Crippen LogP contribution in [0.3, 0.4) is 0 Å². The monoisotopic (exact) mass is 260 g/mol. The summed E-state index contributed by atoms with van der Waals surface area (Å²) >= 11 is 1.43. The van der Waals surface area contributed by atoms with Gasteiger partial charge in [-0.3, -0.25) is 0 Å². The number of phenolic OH excluding ortho intramolecular Hbond substituents is 1. The number of thioether (sulfide) groups is 1. The largest absolute Gasteiger partial charge is 0.507 e. The first-order valence-corrected chi connectivity index (χ1v) is 6.63. The molecule has 0 amide bonds. The number of carbonyl (C=O) groups is 1. The van der Waals surface area contributed by atoms with E-state index in [1.54, 1.807) is 23.6 Å². The molecule has 0 saturated carbocycles. The van der Waals surface area contributed by atoms with Gasteiger partial charge >= 0.3 is 5.97 Å². The Hall–Kier alpha value is -1.94. The van der Waals surface area contributed by atoms with E-state index in [2.05, 4.69) is 0 Å². The summed E-state index contributed by atoms with van der Waals surface area (Å²) in [5.74, 6) is 0.185. The second-order valence-corrected chi connectivity index (χ2v) is 4.33. The molecular weight excluding hydrogens is 248 g/mol. The van der Waals surface area contributed by atoms with E-state index in [4.69, 9.17) is 4.74 Å². The second kappa shape index (κ2) is 5.60. The van der Waals surface area contributed by atoms with Crippen LogP contribution in [0.15, 0.2) is 47.9 Å². The molecule has 1 N–H and O–H groups in total. The minimum atomic E-state index is -0.430. The predicted octanol–water partition coefficient (Wildman–Crippen LogP) is 3.33. The van der Waals surface area contributed by atoms with E-state index in [1.165, 1.54) is 23.9 Å². The van der Waals surface area contributed by atoms with Gasteiger partial charge in [-0.1, -0.05) is 24.3 Å². The van der Waals surface area contributed by atoms with E-state index in [9.17, 15) is 9.90 Å². The van der Waals surface area contributed by atoms with Gasteiger partial charge in [-0.25, -0.2) is 4.79 Å². The van der Waals surface area contributed by atoms with E-state index in [0.717, 1.165) is 0 Å². The molecule has 0 spiro atoms. The molecule has 92 valence electrons. The molecule has 0 bridgehead atoms. The molecule has 0 aliphatic heterocycles. The van der Waals surface area contributed by atoms with Gasteiger partial charge in [-0.05, 0) is 23.8 Å². The third-order valence-electron chi connectivity index (χ3n) is 2.41. The van der Waals surface area contributed by atoms with Crippen LogP contribution in [0.2, 0.25) is 0 Å². The van der Waals surface area contributed by atoms with Crippen LogP contribution in [0, 0.1) is 0 Å². The number of esters is 1. The van der Waals surface area contributed by atoms with Crippen molar-refractivity contribution in [3.8, 4) is 11.5 Å². The van der Waals surface area contributed by atoms with Gasteiger partial charge in [0.2, 0.25) is 0 Å². The SMILES string of the molecule is CS/C=C/C(=O)Oc1ccc(O)c2ccccc12. The highest BCUT2D eigenvalue weighted by atomic mass is 32.2. The van der Waals surface area contributed by atoms with E-state index in [0.29, 0.717) is 16.5 Å². The molecule has 0 unspecified atom stereocenters. The van der Waals surface area contributed by atoms with Crippen molar-refractivity contribution in [2.24, 2.45) is 0 Å². The predicted molar refractivity (Wildman–Crippen MR) is 73.9 cm³/mol. The first-order valence-electron chi connectivity index (χ1n) is 5.34. The molecular formula is C14H12O3S. The summed E-state index contributed by atoms with van der Waals surface area (Å²) in [6.07, 6.45) is 3.23. The lowest BCUT2D eigenvalue weighted by atomic mass is 10.1. The number of phenols is 1. The van der Waals surface area contributed by atoms with E-state index in [-0.39, 0.29) is 5.75 Å². The van der Waals surface area contributed by atoms with Gasteiger partial charge in [0.15, 0.2) is 0 Å². The minimum absolute atomic E-state index is 0.171. The summed E-state index contributed by atoms with van der Waals surface area (Å²) in [5, 5.41) is 12.7. The number of fused-ring (bicyclic) bond motifs is 1. The Morgan fingerprint density at radius 1 is 1.22 bits per heavy atom. The minimum Gasteiger partial charge on any atom is -0.507 e. The van der Waals surface area contributed by atoms with Gasteiger partial charge in [-0.2, -0.15) is 0 Å². The molecule has 2 aromatic rings. The Morgan fingerprint density at radius 3 is 2.67 bits per heavy atom. The average molecular weight is 260 g/mol. The van der Waals surface area contributed by atoms with Crippen LogP contribution in [0.5, 0.6) is 11.5 Å². The van der Waals surface area contributed by atoms with Crippen molar-refractivity contribution in [2.75, 3.05) is 6.26 Å². The zero-order valence-electron chi connectivity index (χ0n) is 9.79. The summed E-state index contributed by atoms with van der Waals surface area (Å²) < 4.78 is 5.23. The Kier molecular flexibility index (Phi) is 3.89. The summed E-state index contributed by atoms with van der Waals surface area (Å²) in [6, 6.07) is 10.3. The first kappa shape index (κ1) is 12.5. The van der Waals surface area contributed by atoms with Gasteiger partial charge in [0.25, 0.3) is 0 Å². The standard InChI is InChI=1S/C14H12O3S/c1-18-9-8-14(16)17-13-7-6-12(15)10-4-2-3-5-11(10)13/h2-9,15H,1H3/b9-8+. The summed E-state index contributed by atoms with van der Waals surface area (Å²) in [4.78, 5) is 11.5. The van der Waals surface area contributed by atoms with Crippen LogP contribution < -0.4 is 4.74 Å². The Morgan fingerprint density at radius 2 is 1.94 bits per heavy atom. The summed E-state index contributed by atoms with van der Waals surface area (Å²) in [6.45, 7) is 0. The number of ether oxygens (including phenoxy) is 1. The zero-order valence-corrected chi connectivity index (χ0v) is 10.6. The molecule has 2 aromatic carbocycles. The highest BCUT2D eigenvalue weighted by molar-refractivity contribution is 8.01. The van der Waals surface area contributed by atoms with E-state index >= 15 is 0 Å². The fourth-order valence-electron chi connectivity index (χ4n) is 1.61. The lowest BCUT2D eigenvalue weighted by molar-refractivity contribution is -0.128. The maximum Gasteiger partial charge on any atom is 0.336 e. The summed E-state index contributed by atoms with van der Waals surface area (Å²) in [5.41, 5.74) is 0. The highest BCUT2D eigenvalue weighted by Gasteiger charge is 2.08. The molecule has 0 radical (unpaired) electrons. The Labute approximate surface area is 109 Å². The quantitative estimate of drug-likeness (QED) is 0.522. The average Bonchev–Trinajstić information content (AvgIpc) is 2.40. The fourth-order valence-corrected chi connectivity index (χ4v) is 1.86. The van der Waals surface area contributed by atoms with Gasteiger partial charge in [0, 0.05) is 16.8 Å². The number of hydrogen-bond acceptors (Lipinski definition) is 4. The topological polar surface area (TPSA) is 46.5 Å². The maximum atomic E-state index is 11.5. The molecule has 0 aliphatic carbocycles. The smallest absolute Gasteiger partial charge is 0.336 e. The van der Waals surface area contributed by atoms with Crippen molar-refractivity contribution in [3.05, 3.63) is 47.9 Å². The molecule has 0 aliphatic rings. The van der Waals surface area contributed by atoms with Crippen molar-refractivity contribution < 1.29 is 14.6 Å². The van der Waals surface area contributed by atoms with Crippen LogP contribution in [-0.4, -0.2) is 17.3 Å². The lowest BCUT2D eigenvalue weighted by Gasteiger charge is -2.07. The molecule has 0 saturated heterocycles. The van der Waals surface area contributed by atoms with Gasteiger partial charge in [-0.15, -0.1) is 11.8 Å². The number of aromatic hydroxyl groups is 1. The van der Waals surface area contributed by atoms with Crippen LogP contribution in [0.1, 0.15) is 0 Å². The second-order valence-electron chi connectivity index (χ2n) is 3.59. The van der Waals surface area contributed by atoms with Gasteiger partial charge < -0.3 is 9.84 Å². The molecule has 0 fully saturated rings. The van der Waals surface area contributed by atoms with Crippen molar-refractivity contribution in [2.45, 2.75) is 0 Å². The maximum absolute atomic E-state index is 11.5. The molecule has 4 heteroatoms. The third-order valence-corrected chi connectivity index (χ3v) is 2.82. The molecule has 2 rings (SSSR count). The molecule has 0 heterocycles. The van der Waals surface area contributed by atoms with Gasteiger partial charge in [0.1, 0.15) is 11.5 Å². The molecule has 0 atom stereocenters. The van der Waals surface area contributed by atoms with Crippen LogP contribution in [-0.2, 0) is 4.79 Å². The van der Waals surface area contributed by atoms with Crippen molar-refractivity contribution in [1.82, 2.24) is 0 Å². The van der Waals surface area contributed by atoms with Crippen molar-refractivity contribution in [3.63, 3.8) is 0 Å². The number of hydrogen-bond donors (Lipinski definition) is 1. The van der Waals surface area contributed by atoms with Crippen LogP contribution >= 0.6 is 11.8 Å². The van der Waals surface area contributed by atoms with E-state index in [1.807, 2.05) is 18.4 Å². The van der Waals surface area contributed by atoms with Crippen LogP contribution in [0.4, 0.5) is 0 Å². The number of rotatable bonds is 3. The Balaban J connectivity index is 2.37. The molecule has 0 aromatic heterocycles. The third kappa shape index (κ3) is 2.65.